The van der Waals surface area contributed by atoms with E-state index in [1.54, 1.807) is 11.3 Å². The normalized spacial score (nSPS) is 17.9. The third-order valence-electron chi connectivity index (χ3n) is 3.36. The standard InChI is InChI=1S/C12H17NO2S/c1-4-9-13-8(2)10(16-9)12(6-5-7-12)11(14)15-3/h4-7H2,1-3H3. The second-order valence-electron chi connectivity index (χ2n) is 4.30. The molecule has 2 rings (SSSR count). The van der Waals surface area contributed by atoms with Gasteiger partial charge in [0.1, 0.15) is 5.41 Å². The molecule has 16 heavy (non-hydrogen) atoms. The Balaban J connectivity index is 2.40. The number of rotatable bonds is 3. The van der Waals surface area contributed by atoms with Crippen LogP contribution >= 0.6 is 11.3 Å². The van der Waals surface area contributed by atoms with Crippen LogP contribution in [0.4, 0.5) is 0 Å². The summed E-state index contributed by atoms with van der Waals surface area (Å²) in [4.78, 5) is 17.6. The lowest BCUT2D eigenvalue weighted by Gasteiger charge is -2.38. The summed E-state index contributed by atoms with van der Waals surface area (Å²) in [5.41, 5.74) is 0.635. The van der Waals surface area contributed by atoms with Crippen molar-refractivity contribution < 1.29 is 9.53 Å². The number of carbonyl (C=O) groups is 1. The predicted molar refractivity (Wildman–Crippen MR) is 63.8 cm³/mol. The number of aryl methyl sites for hydroxylation is 2. The van der Waals surface area contributed by atoms with Crippen molar-refractivity contribution in [2.24, 2.45) is 0 Å². The Morgan fingerprint density at radius 2 is 2.25 bits per heavy atom. The maximum absolute atomic E-state index is 11.9. The summed E-state index contributed by atoms with van der Waals surface area (Å²) >= 11 is 1.67. The van der Waals surface area contributed by atoms with E-state index in [0.29, 0.717) is 0 Å². The predicted octanol–water partition coefficient (Wildman–Crippen LogP) is 2.61. The lowest BCUT2D eigenvalue weighted by molar-refractivity contribution is -0.151. The lowest BCUT2D eigenvalue weighted by atomic mass is 9.67. The number of methoxy groups -OCH3 is 1. The summed E-state index contributed by atoms with van der Waals surface area (Å²) in [6.45, 7) is 4.08. The summed E-state index contributed by atoms with van der Waals surface area (Å²) in [6.07, 6.45) is 3.86. The summed E-state index contributed by atoms with van der Waals surface area (Å²) < 4.78 is 4.95. The lowest BCUT2D eigenvalue weighted by Crippen LogP contribution is -2.43. The van der Waals surface area contributed by atoms with E-state index >= 15 is 0 Å². The largest absolute Gasteiger partial charge is 0.468 e. The zero-order valence-corrected chi connectivity index (χ0v) is 10.8. The molecular formula is C12H17NO2S. The molecule has 0 bridgehead atoms. The number of aromatic nitrogens is 1. The second kappa shape index (κ2) is 4.17. The van der Waals surface area contributed by atoms with E-state index in [4.69, 9.17) is 4.74 Å². The topological polar surface area (TPSA) is 39.2 Å². The van der Waals surface area contributed by atoms with E-state index < -0.39 is 0 Å². The molecule has 0 amide bonds. The number of esters is 1. The van der Waals surface area contributed by atoms with Crippen LogP contribution in [-0.2, 0) is 21.4 Å². The van der Waals surface area contributed by atoms with Gasteiger partial charge in [-0.05, 0) is 26.2 Å². The van der Waals surface area contributed by atoms with E-state index in [1.165, 1.54) is 7.11 Å². The van der Waals surface area contributed by atoms with Crippen molar-refractivity contribution in [2.75, 3.05) is 7.11 Å². The van der Waals surface area contributed by atoms with Crippen LogP contribution in [0.25, 0.3) is 0 Å². The molecule has 0 aromatic carbocycles. The van der Waals surface area contributed by atoms with Gasteiger partial charge in [0, 0.05) is 4.88 Å². The first kappa shape index (κ1) is 11.6. The minimum absolute atomic E-state index is 0.0897. The van der Waals surface area contributed by atoms with Gasteiger partial charge in [0.15, 0.2) is 0 Å². The highest BCUT2D eigenvalue weighted by Crippen LogP contribution is 2.48. The maximum Gasteiger partial charge on any atom is 0.317 e. The van der Waals surface area contributed by atoms with Gasteiger partial charge in [-0.25, -0.2) is 4.98 Å². The number of hydrogen-bond donors (Lipinski definition) is 0. The Morgan fingerprint density at radius 3 is 2.62 bits per heavy atom. The Kier molecular flexibility index (Phi) is 3.02. The molecular weight excluding hydrogens is 222 g/mol. The summed E-state index contributed by atoms with van der Waals surface area (Å²) in [6, 6.07) is 0. The van der Waals surface area contributed by atoms with E-state index in [9.17, 15) is 4.79 Å². The molecule has 1 aliphatic rings. The summed E-state index contributed by atoms with van der Waals surface area (Å²) in [5.74, 6) is -0.0897. The Morgan fingerprint density at radius 1 is 1.56 bits per heavy atom. The van der Waals surface area contributed by atoms with Crippen LogP contribution < -0.4 is 0 Å². The smallest absolute Gasteiger partial charge is 0.317 e. The van der Waals surface area contributed by atoms with Crippen molar-refractivity contribution in [3.05, 3.63) is 15.6 Å². The third-order valence-corrected chi connectivity index (χ3v) is 4.87. The molecule has 0 radical (unpaired) electrons. The number of hydrogen-bond acceptors (Lipinski definition) is 4. The highest BCUT2D eigenvalue weighted by molar-refractivity contribution is 7.12. The van der Waals surface area contributed by atoms with Crippen molar-refractivity contribution in [3.8, 4) is 0 Å². The van der Waals surface area contributed by atoms with Crippen LogP contribution in [0, 0.1) is 6.92 Å². The van der Waals surface area contributed by atoms with Crippen LogP contribution in [-0.4, -0.2) is 18.1 Å². The van der Waals surface area contributed by atoms with Crippen LogP contribution in [0.3, 0.4) is 0 Å². The van der Waals surface area contributed by atoms with Crippen molar-refractivity contribution >= 4 is 17.3 Å². The zero-order valence-electron chi connectivity index (χ0n) is 10.0. The monoisotopic (exact) mass is 239 g/mol. The molecule has 0 spiro atoms. The molecule has 4 heteroatoms. The van der Waals surface area contributed by atoms with Gasteiger partial charge in [-0.15, -0.1) is 11.3 Å². The molecule has 88 valence electrons. The molecule has 1 heterocycles. The van der Waals surface area contributed by atoms with Gasteiger partial charge in [-0.3, -0.25) is 4.79 Å². The first-order valence-electron chi connectivity index (χ1n) is 5.69. The molecule has 1 aliphatic carbocycles. The zero-order chi connectivity index (χ0) is 11.8. The van der Waals surface area contributed by atoms with Gasteiger partial charge in [0.2, 0.25) is 0 Å². The molecule has 0 N–H and O–H groups in total. The summed E-state index contributed by atoms with van der Waals surface area (Å²) in [7, 11) is 1.47. The first-order valence-corrected chi connectivity index (χ1v) is 6.51. The fourth-order valence-corrected chi connectivity index (χ4v) is 3.54. The van der Waals surface area contributed by atoms with Crippen LogP contribution in [0.15, 0.2) is 0 Å². The SMILES string of the molecule is CCc1nc(C)c(C2(C(=O)OC)CCC2)s1. The van der Waals surface area contributed by atoms with E-state index in [0.717, 1.165) is 41.3 Å². The maximum atomic E-state index is 11.9. The Labute approximate surface area is 99.8 Å². The second-order valence-corrected chi connectivity index (χ2v) is 5.39. The fourth-order valence-electron chi connectivity index (χ4n) is 2.30. The average molecular weight is 239 g/mol. The third kappa shape index (κ3) is 1.56. The Bertz CT molecular complexity index is 407. The van der Waals surface area contributed by atoms with Gasteiger partial charge < -0.3 is 4.74 Å². The molecule has 0 saturated heterocycles. The number of thiazole rings is 1. The number of ether oxygens (including phenoxy) is 1. The molecule has 0 aliphatic heterocycles. The first-order chi connectivity index (χ1) is 7.64. The van der Waals surface area contributed by atoms with Crippen LogP contribution in [0.5, 0.6) is 0 Å². The minimum Gasteiger partial charge on any atom is -0.468 e. The molecule has 3 nitrogen and oxygen atoms in total. The van der Waals surface area contributed by atoms with Gasteiger partial charge in [0.05, 0.1) is 17.8 Å². The highest BCUT2D eigenvalue weighted by Gasteiger charge is 2.49. The van der Waals surface area contributed by atoms with Crippen molar-refractivity contribution in [1.82, 2.24) is 4.98 Å². The van der Waals surface area contributed by atoms with Gasteiger partial charge in [0.25, 0.3) is 0 Å². The van der Waals surface area contributed by atoms with Crippen molar-refractivity contribution in [2.45, 2.75) is 44.9 Å². The molecule has 0 atom stereocenters. The quantitative estimate of drug-likeness (QED) is 0.761. The van der Waals surface area contributed by atoms with E-state index in [1.807, 2.05) is 6.92 Å². The average Bonchev–Trinajstić information content (AvgIpc) is 2.59. The Hall–Kier alpha value is -0.900. The molecule has 1 saturated carbocycles. The number of carbonyl (C=O) groups excluding carboxylic acids is 1. The summed E-state index contributed by atoms with van der Waals surface area (Å²) in [5, 5.41) is 1.11. The van der Waals surface area contributed by atoms with Gasteiger partial charge in [-0.2, -0.15) is 0 Å². The fraction of sp³-hybridized carbons (Fsp3) is 0.667. The highest BCUT2D eigenvalue weighted by atomic mass is 32.1. The number of nitrogens with zero attached hydrogens (tertiary/aromatic N) is 1. The van der Waals surface area contributed by atoms with E-state index in [-0.39, 0.29) is 11.4 Å². The van der Waals surface area contributed by atoms with Gasteiger partial charge >= 0.3 is 5.97 Å². The van der Waals surface area contributed by atoms with Crippen LogP contribution in [0.2, 0.25) is 0 Å². The van der Waals surface area contributed by atoms with Gasteiger partial charge in [-0.1, -0.05) is 13.3 Å². The van der Waals surface area contributed by atoms with Crippen molar-refractivity contribution in [1.29, 1.82) is 0 Å². The molecule has 1 aromatic heterocycles. The van der Waals surface area contributed by atoms with Crippen molar-refractivity contribution in [3.63, 3.8) is 0 Å². The minimum atomic E-state index is -0.371. The molecule has 1 aromatic rings. The van der Waals surface area contributed by atoms with Crippen LogP contribution in [0.1, 0.15) is 41.8 Å². The van der Waals surface area contributed by atoms with E-state index in [2.05, 4.69) is 11.9 Å². The molecule has 0 unspecified atom stereocenters. The molecule has 1 fully saturated rings.